The molecular weight excluding hydrogens is 412 g/mol. The van der Waals surface area contributed by atoms with E-state index in [1.165, 1.54) is 23.7 Å². The molecule has 3 rings (SSSR count). The number of nitrogens with one attached hydrogen (secondary N) is 2. The first kappa shape index (κ1) is 23.2. The predicted molar refractivity (Wildman–Crippen MR) is 125 cm³/mol. The zero-order chi connectivity index (χ0) is 22.4. The second-order valence-corrected chi connectivity index (χ2v) is 9.77. The Morgan fingerprint density at radius 1 is 1.16 bits per heavy atom. The number of morpholine rings is 1. The van der Waals surface area contributed by atoms with Gasteiger partial charge in [-0.05, 0) is 43.1 Å². The number of rotatable bonds is 6. The Hall–Kier alpha value is -2.42. The average molecular weight is 445 g/mol. The van der Waals surface area contributed by atoms with E-state index in [9.17, 15) is 8.42 Å². The molecule has 1 aliphatic heterocycles. The SMILES string of the molecule is CN=C(NCc1ccc(CS(=O)(=O)NC)cc1)N1CCOC(c2ccc(C)cc2C)C1. The Morgan fingerprint density at radius 2 is 1.87 bits per heavy atom. The van der Waals surface area contributed by atoms with Crippen LogP contribution in [-0.2, 0) is 27.1 Å². The first-order valence-corrected chi connectivity index (χ1v) is 12.1. The molecule has 1 heterocycles. The van der Waals surface area contributed by atoms with Crippen LogP contribution in [0.25, 0.3) is 0 Å². The first-order valence-electron chi connectivity index (χ1n) is 10.4. The van der Waals surface area contributed by atoms with E-state index in [0.29, 0.717) is 13.2 Å². The third-order valence-corrected chi connectivity index (χ3v) is 6.83. The molecule has 1 atom stereocenters. The summed E-state index contributed by atoms with van der Waals surface area (Å²) >= 11 is 0. The van der Waals surface area contributed by atoms with Gasteiger partial charge in [-0.3, -0.25) is 4.99 Å². The van der Waals surface area contributed by atoms with E-state index >= 15 is 0 Å². The molecule has 1 fully saturated rings. The van der Waals surface area contributed by atoms with Gasteiger partial charge in [0, 0.05) is 20.1 Å². The molecule has 0 radical (unpaired) electrons. The largest absolute Gasteiger partial charge is 0.370 e. The van der Waals surface area contributed by atoms with Gasteiger partial charge in [0.1, 0.15) is 6.10 Å². The lowest BCUT2D eigenvalue weighted by atomic mass is 10.00. The minimum atomic E-state index is -3.27. The molecule has 2 N–H and O–H groups in total. The van der Waals surface area contributed by atoms with Gasteiger partial charge in [0.25, 0.3) is 0 Å². The van der Waals surface area contributed by atoms with Crippen LogP contribution in [0.5, 0.6) is 0 Å². The standard InChI is InChI=1S/C23H32N4O3S/c1-17-5-10-21(18(2)13-17)22-15-27(11-12-30-22)23(24-3)26-14-19-6-8-20(9-7-19)16-31(28,29)25-4/h5-10,13,22,25H,11-12,14-16H2,1-4H3,(H,24,26). The van der Waals surface area contributed by atoms with Crippen LogP contribution in [0.1, 0.15) is 33.9 Å². The minimum Gasteiger partial charge on any atom is -0.370 e. The number of hydrogen-bond donors (Lipinski definition) is 2. The molecule has 1 unspecified atom stereocenters. The summed E-state index contributed by atoms with van der Waals surface area (Å²) in [5.41, 5.74) is 5.53. The molecule has 8 heteroatoms. The second kappa shape index (κ2) is 10.3. The average Bonchev–Trinajstić information content (AvgIpc) is 2.75. The van der Waals surface area contributed by atoms with Crippen LogP contribution < -0.4 is 10.0 Å². The van der Waals surface area contributed by atoms with Gasteiger partial charge < -0.3 is 15.0 Å². The van der Waals surface area contributed by atoms with Crippen molar-refractivity contribution in [1.29, 1.82) is 0 Å². The number of aliphatic imine (C=N–C) groups is 1. The first-order chi connectivity index (χ1) is 14.8. The van der Waals surface area contributed by atoms with Crippen molar-refractivity contribution in [3.63, 3.8) is 0 Å². The van der Waals surface area contributed by atoms with Crippen molar-refractivity contribution in [3.05, 3.63) is 70.3 Å². The van der Waals surface area contributed by atoms with E-state index in [4.69, 9.17) is 4.74 Å². The number of aryl methyl sites for hydroxylation is 2. The van der Waals surface area contributed by atoms with Gasteiger partial charge in [-0.2, -0.15) is 0 Å². The third-order valence-electron chi connectivity index (χ3n) is 5.49. The molecule has 0 saturated carbocycles. The van der Waals surface area contributed by atoms with Gasteiger partial charge in [0.05, 0.1) is 18.9 Å². The summed E-state index contributed by atoms with van der Waals surface area (Å²) in [6.45, 7) is 7.00. The molecule has 0 bridgehead atoms. The molecule has 7 nitrogen and oxygen atoms in total. The summed E-state index contributed by atoms with van der Waals surface area (Å²) in [4.78, 5) is 6.68. The molecule has 1 aliphatic rings. The topological polar surface area (TPSA) is 83.0 Å². The monoisotopic (exact) mass is 444 g/mol. The van der Waals surface area contributed by atoms with Crippen LogP contribution >= 0.6 is 0 Å². The summed E-state index contributed by atoms with van der Waals surface area (Å²) in [6, 6.07) is 14.1. The summed E-state index contributed by atoms with van der Waals surface area (Å²) in [5, 5.41) is 3.42. The van der Waals surface area contributed by atoms with Gasteiger partial charge in [-0.1, -0.05) is 48.0 Å². The summed E-state index contributed by atoms with van der Waals surface area (Å²) in [6.07, 6.45) is 0.0151. The number of benzene rings is 2. The van der Waals surface area contributed by atoms with E-state index in [2.05, 4.69) is 52.0 Å². The molecule has 0 aliphatic carbocycles. The smallest absolute Gasteiger partial charge is 0.215 e. The zero-order valence-corrected chi connectivity index (χ0v) is 19.5. The molecule has 0 spiro atoms. The van der Waals surface area contributed by atoms with Crippen molar-refractivity contribution in [1.82, 2.24) is 14.9 Å². The molecule has 0 amide bonds. The lowest BCUT2D eigenvalue weighted by Gasteiger charge is -2.36. The quantitative estimate of drug-likeness (QED) is 0.528. The molecule has 168 valence electrons. The maximum Gasteiger partial charge on any atom is 0.215 e. The van der Waals surface area contributed by atoms with E-state index < -0.39 is 10.0 Å². The summed E-state index contributed by atoms with van der Waals surface area (Å²) in [7, 11) is -0.0531. The van der Waals surface area contributed by atoms with Crippen molar-refractivity contribution in [3.8, 4) is 0 Å². The fraction of sp³-hybridized carbons (Fsp3) is 0.435. The fourth-order valence-electron chi connectivity index (χ4n) is 3.78. The van der Waals surface area contributed by atoms with Crippen molar-refractivity contribution in [2.45, 2.75) is 32.2 Å². The summed E-state index contributed by atoms with van der Waals surface area (Å²) < 4.78 is 31.8. The van der Waals surface area contributed by atoms with Crippen molar-refractivity contribution < 1.29 is 13.2 Å². The Balaban J connectivity index is 1.61. The zero-order valence-electron chi connectivity index (χ0n) is 18.7. The Labute approximate surface area is 185 Å². The van der Waals surface area contributed by atoms with Crippen molar-refractivity contribution in [2.24, 2.45) is 4.99 Å². The number of nitrogens with zero attached hydrogens (tertiary/aromatic N) is 2. The minimum absolute atomic E-state index is 0.0151. The van der Waals surface area contributed by atoms with E-state index in [0.717, 1.165) is 30.2 Å². The predicted octanol–water partition coefficient (Wildman–Crippen LogP) is 2.50. The van der Waals surface area contributed by atoms with Gasteiger partial charge in [0.15, 0.2) is 5.96 Å². The highest BCUT2D eigenvalue weighted by molar-refractivity contribution is 7.88. The third kappa shape index (κ3) is 6.29. The molecular formula is C23H32N4O3S. The lowest BCUT2D eigenvalue weighted by molar-refractivity contribution is -0.00834. The maximum absolute atomic E-state index is 11.7. The fourth-order valence-corrected chi connectivity index (χ4v) is 4.55. The summed E-state index contributed by atoms with van der Waals surface area (Å²) in [5.74, 6) is 0.812. The van der Waals surface area contributed by atoms with Crippen molar-refractivity contribution in [2.75, 3.05) is 33.8 Å². The Morgan fingerprint density at radius 3 is 2.52 bits per heavy atom. The molecule has 2 aromatic rings. The number of sulfonamides is 1. The van der Waals surface area contributed by atoms with Gasteiger partial charge >= 0.3 is 0 Å². The number of hydrogen-bond acceptors (Lipinski definition) is 4. The number of ether oxygens (including phenoxy) is 1. The van der Waals surface area contributed by atoms with E-state index in [1.807, 2.05) is 24.3 Å². The molecule has 2 aromatic carbocycles. The maximum atomic E-state index is 11.7. The highest BCUT2D eigenvalue weighted by Crippen LogP contribution is 2.26. The van der Waals surface area contributed by atoms with E-state index in [-0.39, 0.29) is 11.9 Å². The number of guanidine groups is 1. The molecule has 31 heavy (non-hydrogen) atoms. The van der Waals surface area contributed by atoms with Crippen LogP contribution in [0.3, 0.4) is 0 Å². The molecule has 0 aromatic heterocycles. The van der Waals surface area contributed by atoms with Crippen LogP contribution in [0.15, 0.2) is 47.5 Å². The lowest BCUT2D eigenvalue weighted by Crippen LogP contribution is -2.48. The van der Waals surface area contributed by atoms with Gasteiger partial charge in [-0.15, -0.1) is 0 Å². The van der Waals surface area contributed by atoms with Crippen LogP contribution in [0, 0.1) is 13.8 Å². The van der Waals surface area contributed by atoms with Crippen LogP contribution in [0.4, 0.5) is 0 Å². The second-order valence-electron chi connectivity index (χ2n) is 7.85. The normalized spacial score (nSPS) is 17.6. The van der Waals surface area contributed by atoms with Gasteiger partial charge in [-0.25, -0.2) is 13.1 Å². The van der Waals surface area contributed by atoms with Crippen LogP contribution in [-0.4, -0.2) is 53.1 Å². The van der Waals surface area contributed by atoms with Gasteiger partial charge in [0.2, 0.25) is 10.0 Å². The van der Waals surface area contributed by atoms with Crippen LogP contribution in [0.2, 0.25) is 0 Å². The highest BCUT2D eigenvalue weighted by Gasteiger charge is 2.25. The highest BCUT2D eigenvalue weighted by atomic mass is 32.2. The van der Waals surface area contributed by atoms with Crippen molar-refractivity contribution >= 4 is 16.0 Å². The Bertz CT molecular complexity index is 1020. The Kier molecular flexibility index (Phi) is 7.69. The van der Waals surface area contributed by atoms with E-state index in [1.54, 1.807) is 7.05 Å². The molecule has 1 saturated heterocycles.